The molecule has 2 aliphatic carbocycles. The molecule has 2 aliphatic rings. The summed E-state index contributed by atoms with van der Waals surface area (Å²) in [5, 5.41) is 7.98. The Balaban J connectivity index is 1.54. The smallest absolute Gasteiger partial charge is 0.306 e. The SMILES string of the molecule is CC(C)c1nnc(CCC(=O)OC2CC3CCC2(C)C3(C)C)o1. The van der Waals surface area contributed by atoms with Crippen molar-refractivity contribution in [1.82, 2.24) is 10.2 Å². The molecule has 2 bridgehead atoms. The van der Waals surface area contributed by atoms with Crippen molar-refractivity contribution in [3.8, 4) is 0 Å². The van der Waals surface area contributed by atoms with E-state index in [0.717, 1.165) is 12.8 Å². The standard InChI is InChI=1S/C18H28N2O3/c1-11(2)16-20-19-14(23-16)6-7-15(21)22-13-10-12-8-9-18(13,5)17(12,3)4/h11-13H,6-10H2,1-5H3. The largest absolute Gasteiger partial charge is 0.462 e. The van der Waals surface area contributed by atoms with Gasteiger partial charge in [-0.05, 0) is 30.6 Å². The van der Waals surface area contributed by atoms with Crippen molar-refractivity contribution < 1.29 is 13.9 Å². The van der Waals surface area contributed by atoms with E-state index in [1.165, 1.54) is 6.42 Å². The van der Waals surface area contributed by atoms with Crippen molar-refractivity contribution >= 4 is 5.97 Å². The number of nitrogens with zero attached hydrogens (tertiary/aromatic N) is 2. The molecule has 5 nitrogen and oxygen atoms in total. The van der Waals surface area contributed by atoms with Crippen molar-refractivity contribution in [3.05, 3.63) is 11.8 Å². The first-order valence-corrected chi connectivity index (χ1v) is 8.76. The fourth-order valence-corrected chi connectivity index (χ4v) is 4.34. The van der Waals surface area contributed by atoms with Crippen molar-refractivity contribution in [2.24, 2.45) is 16.7 Å². The van der Waals surface area contributed by atoms with Crippen LogP contribution in [0.1, 0.15) is 78.0 Å². The minimum absolute atomic E-state index is 0.0534. The zero-order valence-corrected chi connectivity index (χ0v) is 14.9. The molecule has 0 aliphatic heterocycles. The molecule has 3 atom stereocenters. The maximum atomic E-state index is 12.2. The van der Waals surface area contributed by atoms with E-state index in [-0.39, 0.29) is 28.8 Å². The maximum Gasteiger partial charge on any atom is 0.306 e. The number of carbonyl (C=O) groups excluding carboxylic acids is 1. The molecule has 23 heavy (non-hydrogen) atoms. The van der Waals surface area contributed by atoms with Gasteiger partial charge in [0.1, 0.15) is 6.10 Å². The highest BCUT2D eigenvalue weighted by molar-refractivity contribution is 5.70. The normalized spacial score (nSPS) is 31.7. The van der Waals surface area contributed by atoms with Gasteiger partial charge < -0.3 is 9.15 Å². The van der Waals surface area contributed by atoms with Crippen LogP contribution in [-0.4, -0.2) is 22.3 Å². The third-order valence-corrected chi connectivity index (χ3v) is 6.51. The van der Waals surface area contributed by atoms with Crippen LogP contribution >= 0.6 is 0 Å². The predicted octanol–water partition coefficient (Wildman–Crippen LogP) is 3.88. The van der Waals surface area contributed by atoms with E-state index in [1.807, 2.05) is 13.8 Å². The van der Waals surface area contributed by atoms with Crippen LogP contribution in [0.2, 0.25) is 0 Å². The minimum Gasteiger partial charge on any atom is -0.462 e. The molecule has 2 saturated carbocycles. The number of fused-ring (bicyclic) bond motifs is 2. The van der Waals surface area contributed by atoms with E-state index in [1.54, 1.807) is 0 Å². The lowest BCUT2D eigenvalue weighted by Crippen LogP contribution is -2.38. The second kappa shape index (κ2) is 5.60. The molecular formula is C18H28N2O3. The van der Waals surface area contributed by atoms with Crippen molar-refractivity contribution in [2.75, 3.05) is 0 Å². The summed E-state index contributed by atoms with van der Waals surface area (Å²) in [6.07, 6.45) is 4.23. The zero-order chi connectivity index (χ0) is 16.8. The van der Waals surface area contributed by atoms with Crippen LogP contribution in [0.25, 0.3) is 0 Å². The Morgan fingerprint density at radius 1 is 1.35 bits per heavy atom. The Kier molecular flexibility index (Phi) is 4.01. The fraction of sp³-hybridized carbons (Fsp3) is 0.833. The van der Waals surface area contributed by atoms with Gasteiger partial charge in [0.25, 0.3) is 0 Å². The highest BCUT2D eigenvalue weighted by atomic mass is 16.5. The summed E-state index contributed by atoms with van der Waals surface area (Å²) in [6.45, 7) is 10.9. The van der Waals surface area contributed by atoms with Gasteiger partial charge in [-0.25, -0.2) is 0 Å². The molecule has 0 aromatic carbocycles. The molecule has 0 saturated heterocycles. The topological polar surface area (TPSA) is 65.2 Å². The number of hydrogen-bond donors (Lipinski definition) is 0. The van der Waals surface area contributed by atoms with Crippen LogP contribution in [0.15, 0.2) is 4.42 Å². The van der Waals surface area contributed by atoms with Crippen LogP contribution in [0, 0.1) is 16.7 Å². The van der Waals surface area contributed by atoms with E-state index in [2.05, 4.69) is 31.0 Å². The summed E-state index contributed by atoms with van der Waals surface area (Å²) in [5.74, 6) is 1.87. The van der Waals surface area contributed by atoms with Gasteiger partial charge in [0.05, 0.1) is 6.42 Å². The average molecular weight is 320 g/mol. The molecule has 0 N–H and O–H groups in total. The number of aryl methyl sites for hydroxylation is 1. The van der Waals surface area contributed by atoms with Gasteiger partial charge in [-0.1, -0.05) is 34.6 Å². The molecule has 1 heterocycles. The second-order valence-corrected chi connectivity index (χ2v) is 8.28. The quantitative estimate of drug-likeness (QED) is 0.770. The molecule has 0 spiro atoms. The molecular weight excluding hydrogens is 292 g/mol. The molecule has 2 fully saturated rings. The Morgan fingerprint density at radius 2 is 2.09 bits per heavy atom. The minimum atomic E-state index is -0.149. The number of hydrogen-bond acceptors (Lipinski definition) is 5. The number of esters is 1. The molecule has 128 valence electrons. The van der Waals surface area contributed by atoms with E-state index in [9.17, 15) is 4.79 Å². The van der Waals surface area contributed by atoms with Gasteiger partial charge in [0, 0.05) is 17.8 Å². The van der Waals surface area contributed by atoms with Gasteiger partial charge >= 0.3 is 5.97 Å². The zero-order valence-electron chi connectivity index (χ0n) is 14.9. The summed E-state index contributed by atoms with van der Waals surface area (Å²) in [4.78, 5) is 12.2. The van der Waals surface area contributed by atoms with Gasteiger partial charge in [-0.15, -0.1) is 10.2 Å². The second-order valence-electron chi connectivity index (χ2n) is 8.28. The van der Waals surface area contributed by atoms with Crippen LogP contribution in [0.4, 0.5) is 0 Å². The third kappa shape index (κ3) is 2.68. The molecule has 3 rings (SSSR count). The number of rotatable bonds is 5. The lowest BCUT2D eigenvalue weighted by atomic mass is 9.70. The van der Waals surface area contributed by atoms with E-state index in [4.69, 9.17) is 9.15 Å². The summed E-state index contributed by atoms with van der Waals surface area (Å²) in [5.41, 5.74) is 0.374. The Bertz CT molecular complexity index is 593. The fourth-order valence-electron chi connectivity index (χ4n) is 4.34. The van der Waals surface area contributed by atoms with E-state index >= 15 is 0 Å². The van der Waals surface area contributed by atoms with Crippen LogP contribution in [-0.2, 0) is 16.0 Å². The first-order chi connectivity index (χ1) is 10.7. The van der Waals surface area contributed by atoms with Crippen LogP contribution in [0.3, 0.4) is 0 Å². The lowest BCUT2D eigenvalue weighted by molar-refractivity contribution is -0.156. The predicted molar refractivity (Wildman–Crippen MR) is 85.8 cm³/mol. The number of carbonyl (C=O) groups is 1. The van der Waals surface area contributed by atoms with Crippen LogP contribution in [0.5, 0.6) is 0 Å². The molecule has 1 aromatic rings. The van der Waals surface area contributed by atoms with Gasteiger partial charge in [-0.3, -0.25) is 4.79 Å². The first kappa shape index (κ1) is 16.5. The summed E-state index contributed by atoms with van der Waals surface area (Å²) in [7, 11) is 0. The Hall–Kier alpha value is -1.39. The number of aromatic nitrogens is 2. The lowest BCUT2D eigenvalue weighted by Gasteiger charge is -2.38. The highest BCUT2D eigenvalue weighted by Gasteiger charge is 2.62. The first-order valence-electron chi connectivity index (χ1n) is 8.76. The summed E-state index contributed by atoms with van der Waals surface area (Å²) in [6, 6.07) is 0. The highest BCUT2D eigenvalue weighted by Crippen LogP contribution is 2.66. The average Bonchev–Trinajstić information content (AvgIpc) is 3.08. The molecule has 0 radical (unpaired) electrons. The van der Waals surface area contributed by atoms with Crippen molar-refractivity contribution in [3.63, 3.8) is 0 Å². The van der Waals surface area contributed by atoms with Crippen molar-refractivity contribution in [1.29, 1.82) is 0 Å². The Labute approximate surface area is 138 Å². The van der Waals surface area contributed by atoms with E-state index < -0.39 is 0 Å². The Morgan fingerprint density at radius 3 is 2.61 bits per heavy atom. The summed E-state index contributed by atoms with van der Waals surface area (Å²) >= 11 is 0. The monoisotopic (exact) mass is 320 g/mol. The molecule has 3 unspecified atom stereocenters. The van der Waals surface area contributed by atoms with E-state index in [0.29, 0.717) is 30.5 Å². The van der Waals surface area contributed by atoms with Gasteiger partial charge in [0.2, 0.25) is 11.8 Å². The summed E-state index contributed by atoms with van der Waals surface area (Å²) < 4.78 is 11.4. The van der Waals surface area contributed by atoms with Gasteiger partial charge in [0.15, 0.2) is 0 Å². The number of ether oxygens (including phenoxy) is 1. The van der Waals surface area contributed by atoms with Crippen molar-refractivity contribution in [2.45, 2.75) is 78.7 Å². The maximum absolute atomic E-state index is 12.2. The van der Waals surface area contributed by atoms with Crippen LogP contribution < -0.4 is 0 Å². The molecule has 5 heteroatoms. The molecule has 0 amide bonds. The van der Waals surface area contributed by atoms with Gasteiger partial charge in [-0.2, -0.15) is 0 Å². The molecule has 1 aromatic heterocycles. The third-order valence-electron chi connectivity index (χ3n) is 6.51.